The van der Waals surface area contributed by atoms with Crippen LogP contribution in [0.3, 0.4) is 0 Å². The number of fused-ring (bicyclic) bond motifs is 1. The summed E-state index contributed by atoms with van der Waals surface area (Å²) in [7, 11) is 1.70. The fourth-order valence-corrected chi connectivity index (χ4v) is 3.52. The summed E-state index contributed by atoms with van der Waals surface area (Å²) in [5, 5.41) is 9.65. The Kier molecular flexibility index (Phi) is 7.42. The first kappa shape index (κ1) is 23.2. The molecule has 0 fully saturated rings. The van der Waals surface area contributed by atoms with E-state index in [9.17, 15) is 14.4 Å². The summed E-state index contributed by atoms with van der Waals surface area (Å²) in [5.74, 6) is -1.18. The summed E-state index contributed by atoms with van der Waals surface area (Å²) in [6, 6.07) is 6.78. The molecule has 0 aliphatic carbocycles. The van der Waals surface area contributed by atoms with Crippen LogP contribution in [0, 0.1) is 6.92 Å². The van der Waals surface area contributed by atoms with E-state index in [1.807, 2.05) is 0 Å². The normalized spacial score (nSPS) is 11.2. The van der Waals surface area contributed by atoms with Gasteiger partial charge in [-0.05, 0) is 25.5 Å². The van der Waals surface area contributed by atoms with Gasteiger partial charge in [0, 0.05) is 30.6 Å². The third-order valence-corrected chi connectivity index (χ3v) is 5.40. The van der Waals surface area contributed by atoms with Crippen molar-refractivity contribution in [1.29, 1.82) is 0 Å². The molecule has 2 aromatic heterocycles. The van der Waals surface area contributed by atoms with Crippen molar-refractivity contribution in [2.75, 3.05) is 0 Å². The lowest BCUT2D eigenvalue weighted by molar-refractivity contribution is -0.117. The van der Waals surface area contributed by atoms with E-state index in [4.69, 9.17) is 11.6 Å². The van der Waals surface area contributed by atoms with Crippen LogP contribution in [0.15, 0.2) is 35.1 Å². The number of amides is 2. The topological polar surface area (TPSA) is 111 Å². The largest absolute Gasteiger partial charge is 0.290 e. The molecule has 168 valence electrons. The standard InChI is InChI=1S/C22H25ClN6O3/c1-4-5-8-13-29-22(32)17-10-7-6-9-16(17)19(27-29)21(31)25-24-18(30)12-11-15-14(2)26-28(3)20(15)23/h6-7,9-12H,4-5,8,13H2,1-3H3,(H,24,30)(H,25,31)/b12-11+. The number of hydrogen-bond donors (Lipinski definition) is 2. The number of carbonyl (C=O) groups is 2. The van der Waals surface area contributed by atoms with Gasteiger partial charge in [-0.25, -0.2) is 4.68 Å². The number of halogens is 1. The van der Waals surface area contributed by atoms with Crippen molar-refractivity contribution in [2.45, 2.75) is 39.7 Å². The van der Waals surface area contributed by atoms with Gasteiger partial charge in [-0.15, -0.1) is 0 Å². The first-order valence-electron chi connectivity index (χ1n) is 10.3. The quantitative estimate of drug-likeness (QED) is 0.322. The van der Waals surface area contributed by atoms with Crippen molar-refractivity contribution in [3.05, 3.63) is 62.8 Å². The van der Waals surface area contributed by atoms with Crippen LogP contribution >= 0.6 is 11.6 Å². The van der Waals surface area contributed by atoms with Gasteiger partial charge in [0.15, 0.2) is 5.69 Å². The molecule has 0 bridgehead atoms. The van der Waals surface area contributed by atoms with Crippen molar-refractivity contribution < 1.29 is 9.59 Å². The molecule has 3 aromatic rings. The van der Waals surface area contributed by atoms with Gasteiger partial charge in [-0.3, -0.25) is 29.9 Å². The first-order valence-corrected chi connectivity index (χ1v) is 10.7. The van der Waals surface area contributed by atoms with Crippen molar-refractivity contribution in [1.82, 2.24) is 30.4 Å². The molecular weight excluding hydrogens is 432 g/mol. The minimum absolute atomic E-state index is 0.0622. The van der Waals surface area contributed by atoms with E-state index < -0.39 is 11.8 Å². The summed E-state index contributed by atoms with van der Waals surface area (Å²) in [5.41, 5.74) is 5.78. The van der Waals surface area contributed by atoms with Crippen LogP contribution in [0.2, 0.25) is 5.15 Å². The Morgan fingerprint density at radius 3 is 2.50 bits per heavy atom. The molecule has 0 saturated heterocycles. The second-order valence-corrected chi connectivity index (χ2v) is 7.68. The average Bonchev–Trinajstić information content (AvgIpc) is 3.03. The molecule has 3 rings (SSSR count). The molecule has 2 N–H and O–H groups in total. The maximum absolute atomic E-state index is 12.8. The Hall–Kier alpha value is -3.46. The smallest absolute Gasteiger partial charge is 0.268 e. The highest BCUT2D eigenvalue weighted by Crippen LogP contribution is 2.19. The van der Waals surface area contributed by atoms with Gasteiger partial charge in [-0.1, -0.05) is 49.6 Å². The molecular formula is C22H25ClN6O3. The van der Waals surface area contributed by atoms with Gasteiger partial charge in [0.25, 0.3) is 17.4 Å². The van der Waals surface area contributed by atoms with Gasteiger partial charge in [0.05, 0.1) is 11.1 Å². The fraction of sp³-hybridized carbons (Fsp3) is 0.318. The predicted molar refractivity (Wildman–Crippen MR) is 123 cm³/mol. The van der Waals surface area contributed by atoms with Gasteiger partial charge < -0.3 is 0 Å². The number of rotatable bonds is 7. The van der Waals surface area contributed by atoms with Crippen molar-refractivity contribution in [3.63, 3.8) is 0 Å². The number of unbranched alkanes of at least 4 members (excludes halogenated alkanes) is 2. The Bertz CT molecular complexity index is 1240. The highest BCUT2D eigenvalue weighted by molar-refractivity contribution is 6.31. The summed E-state index contributed by atoms with van der Waals surface area (Å²) in [4.78, 5) is 37.7. The maximum Gasteiger partial charge on any atom is 0.290 e. The second kappa shape index (κ2) is 10.2. The van der Waals surface area contributed by atoms with Crippen LogP contribution in [-0.2, 0) is 18.4 Å². The number of hydrogen-bond acceptors (Lipinski definition) is 5. The van der Waals surface area contributed by atoms with Crippen LogP contribution in [0.25, 0.3) is 16.8 Å². The Labute approximate surface area is 190 Å². The summed E-state index contributed by atoms with van der Waals surface area (Å²) in [6.45, 7) is 4.26. The van der Waals surface area contributed by atoms with Crippen LogP contribution in [0.1, 0.15) is 47.9 Å². The van der Waals surface area contributed by atoms with Gasteiger partial charge in [0.1, 0.15) is 5.15 Å². The highest BCUT2D eigenvalue weighted by Gasteiger charge is 2.17. The third-order valence-electron chi connectivity index (χ3n) is 4.95. The summed E-state index contributed by atoms with van der Waals surface area (Å²) < 4.78 is 2.81. The minimum Gasteiger partial charge on any atom is -0.268 e. The van der Waals surface area contributed by atoms with E-state index in [-0.39, 0.29) is 11.3 Å². The molecule has 1 aromatic carbocycles. The zero-order chi connectivity index (χ0) is 23.3. The lowest BCUT2D eigenvalue weighted by atomic mass is 10.1. The van der Waals surface area contributed by atoms with Gasteiger partial charge in [-0.2, -0.15) is 10.2 Å². The lowest BCUT2D eigenvalue weighted by Crippen LogP contribution is -2.42. The highest BCUT2D eigenvalue weighted by atomic mass is 35.5. The van der Waals surface area contributed by atoms with Crippen molar-refractivity contribution >= 4 is 40.3 Å². The number of carbonyl (C=O) groups excluding carboxylic acids is 2. The molecule has 0 aliphatic rings. The zero-order valence-electron chi connectivity index (χ0n) is 18.2. The molecule has 10 heteroatoms. The Morgan fingerprint density at radius 1 is 1.12 bits per heavy atom. The lowest BCUT2D eigenvalue weighted by Gasteiger charge is -2.11. The van der Waals surface area contributed by atoms with E-state index in [0.29, 0.717) is 33.7 Å². The average molecular weight is 457 g/mol. The molecule has 32 heavy (non-hydrogen) atoms. The van der Waals surface area contributed by atoms with E-state index in [0.717, 1.165) is 19.3 Å². The van der Waals surface area contributed by atoms with Crippen LogP contribution < -0.4 is 16.4 Å². The van der Waals surface area contributed by atoms with E-state index in [1.165, 1.54) is 21.5 Å². The molecule has 0 radical (unpaired) electrons. The summed E-state index contributed by atoms with van der Waals surface area (Å²) in [6.07, 6.45) is 5.49. The van der Waals surface area contributed by atoms with Gasteiger partial charge >= 0.3 is 0 Å². The molecule has 2 heterocycles. The third kappa shape index (κ3) is 5.05. The Morgan fingerprint density at radius 2 is 1.84 bits per heavy atom. The number of aryl methyl sites for hydroxylation is 3. The van der Waals surface area contributed by atoms with E-state index in [1.54, 1.807) is 38.2 Å². The predicted octanol–water partition coefficient (Wildman–Crippen LogP) is 2.76. The maximum atomic E-state index is 12.8. The monoisotopic (exact) mass is 456 g/mol. The SMILES string of the molecule is CCCCCn1nc(C(=O)NNC(=O)/C=C/c2c(C)nn(C)c2Cl)c2ccccc2c1=O. The second-order valence-electron chi connectivity index (χ2n) is 7.32. The fourth-order valence-electron chi connectivity index (χ4n) is 3.28. The van der Waals surface area contributed by atoms with Crippen LogP contribution in [0.4, 0.5) is 0 Å². The van der Waals surface area contributed by atoms with Crippen molar-refractivity contribution in [2.24, 2.45) is 7.05 Å². The zero-order valence-corrected chi connectivity index (χ0v) is 18.9. The molecule has 0 spiro atoms. The number of benzene rings is 1. The number of hydrazine groups is 1. The molecule has 9 nitrogen and oxygen atoms in total. The first-order chi connectivity index (χ1) is 15.3. The number of nitrogens with one attached hydrogen (secondary N) is 2. The number of aromatic nitrogens is 4. The molecule has 0 unspecified atom stereocenters. The van der Waals surface area contributed by atoms with Gasteiger partial charge in [0.2, 0.25) is 0 Å². The number of nitrogens with zero attached hydrogens (tertiary/aromatic N) is 4. The van der Waals surface area contributed by atoms with Crippen LogP contribution in [-0.4, -0.2) is 31.4 Å². The van der Waals surface area contributed by atoms with Crippen LogP contribution in [0.5, 0.6) is 0 Å². The summed E-state index contributed by atoms with van der Waals surface area (Å²) >= 11 is 6.15. The molecule has 0 aliphatic heterocycles. The van der Waals surface area contributed by atoms with E-state index in [2.05, 4.69) is 28.0 Å². The minimum atomic E-state index is -0.622. The molecule has 0 saturated carbocycles. The van der Waals surface area contributed by atoms with E-state index >= 15 is 0 Å². The molecule has 2 amide bonds. The van der Waals surface area contributed by atoms with Crippen molar-refractivity contribution in [3.8, 4) is 0 Å². The molecule has 0 atom stereocenters. The Balaban J connectivity index is 1.77.